The molecule has 0 spiro atoms. The summed E-state index contributed by atoms with van der Waals surface area (Å²) < 4.78 is 38.2. The van der Waals surface area contributed by atoms with Crippen LogP contribution in [-0.4, -0.2) is 40.7 Å². The van der Waals surface area contributed by atoms with E-state index in [1.54, 1.807) is 31.4 Å². The first-order valence-corrected chi connectivity index (χ1v) is 10.6. The molecule has 150 valence electrons. The van der Waals surface area contributed by atoms with Crippen LogP contribution in [0.25, 0.3) is 0 Å². The number of methoxy groups -OCH3 is 1. The molecule has 2 aromatic rings. The minimum atomic E-state index is -3.87. The third kappa shape index (κ3) is 5.02. The molecule has 1 aliphatic heterocycles. The Hall–Kier alpha value is -2.13. The summed E-state index contributed by atoms with van der Waals surface area (Å²) >= 11 is 6.08. The molecule has 1 heterocycles. The van der Waals surface area contributed by atoms with Crippen LogP contribution in [0.1, 0.15) is 23.2 Å². The maximum Gasteiger partial charge on any atom is 0.255 e. The molecule has 1 amide bonds. The second-order valence-corrected chi connectivity index (χ2v) is 8.46. The molecule has 2 N–H and O–H groups in total. The molecule has 1 aliphatic rings. The van der Waals surface area contributed by atoms with Crippen molar-refractivity contribution in [2.75, 3.05) is 25.6 Å². The van der Waals surface area contributed by atoms with E-state index in [1.807, 2.05) is 0 Å². The first kappa shape index (κ1) is 20.6. The lowest BCUT2D eigenvalue weighted by atomic mass is 10.2. The van der Waals surface area contributed by atoms with Gasteiger partial charge in [0.25, 0.3) is 5.91 Å². The highest BCUT2D eigenvalue weighted by atomic mass is 35.5. The Labute approximate surface area is 169 Å². The van der Waals surface area contributed by atoms with Crippen LogP contribution in [-0.2, 0) is 14.8 Å². The molecule has 3 rings (SSSR count). The van der Waals surface area contributed by atoms with Crippen LogP contribution in [0.4, 0.5) is 5.69 Å². The average Bonchev–Trinajstić information content (AvgIpc) is 3.21. The Morgan fingerprint density at radius 2 is 2.00 bits per heavy atom. The quantitative estimate of drug-likeness (QED) is 0.712. The SMILES string of the molecule is COc1ccc(NC(=O)c2ccc(Cl)c(S(=O)(=O)NCC3CCCO3)c2)cc1. The number of carbonyl (C=O) groups excluding carboxylic acids is 1. The average molecular weight is 425 g/mol. The standard InChI is InChI=1S/C19H21ClN2O5S/c1-26-15-7-5-14(6-8-15)22-19(23)13-4-9-17(20)18(11-13)28(24,25)21-12-16-3-2-10-27-16/h4-9,11,16,21H,2-3,10,12H2,1H3,(H,22,23). The number of hydrogen-bond acceptors (Lipinski definition) is 5. The summed E-state index contributed by atoms with van der Waals surface area (Å²) in [5.41, 5.74) is 0.736. The molecule has 1 unspecified atom stereocenters. The van der Waals surface area contributed by atoms with E-state index in [1.165, 1.54) is 18.2 Å². The summed E-state index contributed by atoms with van der Waals surface area (Å²) in [6, 6.07) is 10.9. The highest BCUT2D eigenvalue weighted by molar-refractivity contribution is 7.89. The topological polar surface area (TPSA) is 93.7 Å². The Morgan fingerprint density at radius 3 is 2.64 bits per heavy atom. The maximum atomic E-state index is 12.6. The second kappa shape index (κ2) is 8.91. The largest absolute Gasteiger partial charge is 0.497 e. The number of sulfonamides is 1. The zero-order valence-corrected chi connectivity index (χ0v) is 16.8. The van der Waals surface area contributed by atoms with E-state index in [9.17, 15) is 13.2 Å². The predicted molar refractivity (Wildman–Crippen MR) is 107 cm³/mol. The van der Waals surface area contributed by atoms with E-state index in [4.69, 9.17) is 21.1 Å². The normalized spacial score (nSPS) is 16.7. The van der Waals surface area contributed by atoms with E-state index in [-0.39, 0.29) is 28.1 Å². The smallest absolute Gasteiger partial charge is 0.255 e. The molecule has 0 radical (unpaired) electrons. The van der Waals surface area contributed by atoms with Crippen molar-refractivity contribution in [2.24, 2.45) is 0 Å². The molecule has 1 fully saturated rings. The minimum absolute atomic E-state index is 0.0424. The van der Waals surface area contributed by atoms with Crippen molar-refractivity contribution in [1.82, 2.24) is 4.72 Å². The Balaban J connectivity index is 1.74. The van der Waals surface area contributed by atoms with E-state index in [0.29, 0.717) is 18.0 Å². The molecule has 1 atom stereocenters. The van der Waals surface area contributed by atoms with Crippen molar-refractivity contribution < 1.29 is 22.7 Å². The van der Waals surface area contributed by atoms with Gasteiger partial charge in [0.2, 0.25) is 10.0 Å². The summed E-state index contributed by atoms with van der Waals surface area (Å²) in [7, 11) is -2.32. The molecular formula is C19H21ClN2O5S. The van der Waals surface area contributed by atoms with Crippen molar-refractivity contribution in [3.05, 3.63) is 53.1 Å². The molecular weight excluding hydrogens is 404 g/mol. The molecule has 0 bridgehead atoms. The van der Waals surface area contributed by atoms with Crippen molar-refractivity contribution >= 4 is 33.2 Å². The number of amides is 1. The van der Waals surface area contributed by atoms with Gasteiger partial charge in [-0.15, -0.1) is 0 Å². The van der Waals surface area contributed by atoms with Crippen molar-refractivity contribution in [3.63, 3.8) is 0 Å². The van der Waals surface area contributed by atoms with Gasteiger partial charge in [-0.25, -0.2) is 13.1 Å². The highest BCUT2D eigenvalue weighted by Gasteiger charge is 2.23. The molecule has 0 saturated carbocycles. The van der Waals surface area contributed by atoms with Gasteiger partial charge in [0, 0.05) is 24.4 Å². The summed E-state index contributed by atoms with van der Waals surface area (Å²) in [5.74, 6) is 0.215. The van der Waals surface area contributed by atoms with Crippen molar-refractivity contribution in [3.8, 4) is 5.75 Å². The summed E-state index contributed by atoms with van der Waals surface area (Å²) in [5, 5.41) is 2.75. The van der Waals surface area contributed by atoms with Crippen LogP contribution in [0.15, 0.2) is 47.4 Å². The van der Waals surface area contributed by atoms with Crippen LogP contribution >= 0.6 is 11.6 Å². The zero-order chi connectivity index (χ0) is 20.1. The number of halogens is 1. The fourth-order valence-corrected chi connectivity index (χ4v) is 4.40. The summed E-state index contributed by atoms with van der Waals surface area (Å²) in [4.78, 5) is 12.4. The molecule has 1 saturated heterocycles. The Kier molecular flexibility index (Phi) is 6.56. The van der Waals surface area contributed by atoms with Gasteiger partial charge in [-0.05, 0) is 55.3 Å². The molecule has 0 aromatic heterocycles. The molecule has 9 heteroatoms. The second-order valence-electron chi connectivity index (χ2n) is 6.31. The van der Waals surface area contributed by atoms with E-state index in [0.717, 1.165) is 12.8 Å². The van der Waals surface area contributed by atoms with Crippen LogP contribution in [0, 0.1) is 0 Å². The monoisotopic (exact) mass is 424 g/mol. The van der Waals surface area contributed by atoms with Gasteiger partial charge in [-0.1, -0.05) is 11.6 Å². The fourth-order valence-electron chi connectivity index (χ4n) is 2.81. The number of rotatable bonds is 7. The van der Waals surface area contributed by atoms with Crippen molar-refractivity contribution in [2.45, 2.75) is 23.8 Å². The fraction of sp³-hybridized carbons (Fsp3) is 0.316. The number of carbonyl (C=O) groups is 1. The van der Waals surface area contributed by atoms with E-state index >= 15 is 0 Å². The summed E-state index contributed by atoms with van der Waals surface area (Å²) in [6.45, 7) is 0.801. The van der Waals surface area contributed by atoms with E-state index < -0.39 is 15.9 Å². The molecule has 0 aliphatic carbocycles. The van der Waals surface area contributed by atoms with Gasteiger partial charge < -0.3 is 14.8 Å². The predicted octanol–water partition coefficient (Wildman–Crippen LogP) is 3.06. The first-order valence-electron chi connectivity index (χ1n) is 8.75. The van der Waals surface area contributed by atoms with Crippen molar-refractivity contribution in [1.29, 1.82) is 0 Å². The molecule has 28 heavy (non-hydrogen) atoms. The number of benzene rings is 2. The van der Waals surface area contributed by atoms with Crippen LogP contribution in [0.5, 0.6) is 5.75 Å². The van der Waals surface area contributed by atoms with Crippen LogP contribution < -0.4 is 14.8 Å². The lowest BCUT2D eigenvalue weighted by molar-refractivity contribution is 0.102. The van der Waals surface area contributed by atoms with E-state index in [2.05, 4.69) is 10.0 Å². The lowest BCUT2D eigenvalue weighted by Gasteiger charge is -2.13. The third-order valence-electron chi connectivity index (χ3n) is 4.36. The Bertz CT molecular complexity index is 941. The summed E-state index contributed by atoms with van der Waals surface area (Å²) in [6.07, 6.45) is 1.57. The number of nitrogens with one attached hydrogen (secondary N) is 2. The van der Waals surface area contributed by atoms with Gasteiger partial charge >= 0.3 is 0 Å². The van der Waals surface area contributed by atoms with Gasteiger partial charge in [0.15, 0.2) is 0 Å². The molecule has 7 nitrogen and oxygen atoms in total. The number of hydrogen-bond donors (Lipinski definition) is 2. The number of anilines is 1. The van der Waals surface area contributed by atoms with Gasteiger partial charge in [0.1, 0.15) is 10.6 Å². The van der Waals surface area contributed by atoms with Gasteiger partial charge in [-0.3, -0.25) is 4.79 Å². The van der Waals surface area contributed by atoms with Gasteiger partial charge in [0.05, 0.1) is 18.2 Å². The zero-order valence-electron chi connectivity index (χ0n) is 15.3. The first-order chi connectivity index (χ1) is 13.4. The minimum Gasteiger partial charge on any atom is -0.497 e. The Morgan fingerprint density at radius 1 is 1.25 bits per heavy atom. The number of ether oxygens (including phenoxy) is 2. The van der Waals surface area contributed by atoms with Crippen LogP contribution in [0.3, 0.4) is 0 Å². The maximum absolute atomic E-state index is 12.6. The third-order valence-corrected chi connectivity index (χ3v) is 6.26. The van der Waals surface area contributed by atoms with Crippen LogP contribution in [0.2, 0.25) is 5.02 Å². The highest BCUT2D eigenvalue weighted by Crippen LogP contribution is 2.24. The lowest BCUT2D eigenvalue weighted by Crippen LogP contribution is -2.32. The molecule has 2 aromatic carbocycles. The van der Waals surface area contributed by atoms with Gasteiger partial charge in [-0.2, -0.15) is 0 Å².